The van der Waals surface area contributed by atoms with Gasteiger partial charge in [0.1, 0.15) is 6.61 Å². The minimum absolute atomic E-state index is 0.258. The maximum absolute atomic E-state index is 12.7. The van der Waals surface area contributed by atoms with Gasteiger partial charge < -0.3 is 14.2 Å². The highest BCUT2D eigenvalue weighted by Crippen LogP contribution is 2.38. The summed E-state index contributed by atoms with van der Waals surface area (Å²) in [7, 11) is 1.59. The summed E-state index contributed by atoms with van der Waals surface area (Å²) in [4.78, 5) is 26.6. The molecule has 3 rings (SSSR count). The Morgan fingerprint density at radius 3 is 2.59 bits per heavy atom. The molecule has 9 heteroatoms. The summed E-state index contributed by atoms with van der Waals surface area (Å²) in [5.74, 6) is 0.974. The van der Waals surface area contributed by atoms with Crippen LogP contribution in [-0.4, -0.2) is 42.9 Å². The van der Waals surface area contributed by atoms with Gasteiger partial charge in [-0.05, 0) is 89.2 Å². The van der Waals surface area contributed by atoms with Crippen molar-refractivity contribution in [2.45, 2.75) is 20.0 Å². The molecule has 32 heavy (non-hydrogen) atoms. The predicted molar refractivity (Wildman–Crippen MR) is 138 cm³/mol. The van der Waals surface area contributed by atoms with Gasteiger partial charge in [0, 0.05) is 24.7 Å². The molecule has 2 aromatic carbocycles. The van der Waals surface area contributed by atoms with Crippen LogP contribution in [0, 0.1) is 3.57 Å². The standard InChI is InChI=1S/C23H23BrINO5S/c1-3-30-19-12-16(13-20-22(27)26(23(28)32-20)9-4-10-29-2)11-18(25)21(19)31-14-15-5-7-17(24)8-6-15/h5-8,11-13H,3-4,9-10,14H2,1-2H3/b20-13+. The summed E-state index contributed by atoms with van der Waals surface area (Å²) < 4.78 is 18.8. The van der Waals surface area contributed by atoms with Crippen LogP contribution in [0.5, 0.6) is 11.5 Å². The molecule has 0 radical (unpaired) electrons. The molecule has 0 atom stereocenters. The first-order chi connectivity index (χ1) is 15.4. The van der Waals surface area contributed by atoms with Crippen molar-refractivity contribution in [2.75, 3.05) is 26.9 Å². The lowest BCUT2D eigenvalue weighted by molar-refractivity contribution is -0.122. The molecule has 2 aromatic rings. The van der Waals surface area contributed by atoms with Crippen molar-refractivity contribution < 1.29 is 23.8 Å². The first-order valence-electron chi connectivity index (χ1n) is 10.0. The average Bonchev–Trinajstić information content (AvgIpc) is 3.02. The highest BCUT2D eigenvalue weighted by atomic mass is 127. The molecular weight excluding hydrogens is 609 g/mol. The maximum atomic E-state index is 12.7. The van der Waals surface area contributed by atoms with Gasteiger partial charge in [-0.2, -0.15) is 0 Å². The number of hydrogen-bond acceptors (Lipinski definition) is 6. The fraction of sp³-hybridized carbons (Fsp3) is 0.304. The van der Waals surface area contributed by atoms with E-state index in [2.05, 4.69) is 38.5 Å². The SMILES string of the molecule is CCOc1cc(/C=C2/SC(=O)N(CCCOC)C2=O)cc(I)c1OCc1ccc(Br)cc1. The van der Waals surface area contributed by atoms with Gasteiger partial charge in [0.25, 0.3) is 11.1 Å². The summed E-state index contributed by atoms with van der Waals surface area (Å²) in [6, 6.07) is 11.7. The third-order valence-electron chi connectivity index (χ3n) is 4.53. The van der Waals surface area contributed by atoms with Crippen LogP contribution in [0.25, 0.3) is 6.08 Å². The number of carbonyl (C=O) groups is 2. The number of ether oxygens (including phenoxy) is 3. The Balaban J connectivity index is 1.80. The predicted octanol–water partition coefficient (Wildman–Crippen LogP) is 6.10. The van der Waals surface area contributed by atoms with Crippen molar-refractivity contribution in [3.63, 3.8) is 0 Å². The number of rotatable bonds is 10. The summed E-state index contributed by atoms with van der Waals surface area (Å²) >= 11 is 6.58. The number of halogens is 2. The van der Waals surface area contributed by atoms with E-state index in [1.165, 1.54) is 4.90 Å². The minimum Gasteiger partial charge on any atom is -0.490 e. The number of benzene rings is 2. The monoisotopic (exact) mass is 631 g/mol. The fourth-order valence-corrected chi connectivity index (χ4v) is 4.93. The molecule has 0 spiro atoms. The lowest BCUT2D eigenvalue weighted by atomic mass is 10.1. The second-order valence-electron chi connectivity index (χ2n) is 6.86. The van der Waals surface area contributed by atoms with Gasteiger partial charge in [0.2, 0.25) is 0 Å². The Hall–Kier alpha value is -1.56. The van der Waals surface area contributed by atoms with Crippen molar-refractivity contribution in [3.8, 4) is 11.5 Å². The third kappa shape index (κ3) is 6.49. The largest absolute Gasteiger partial charge is 0.490 e. The molecule has 2 amide bonds. The molecule has 0 aliphatic carbocycles. The molecular formula is C23H23BrINO5S. The van der Waals surface area contributed by atoms with Gasteiger partial charge in [0.15, 0.2) is 11.5 Å². The van der Waals surface area contributed by atoms with Crippen molar-refractivity contribution >= 4 is 67.5 Å². The van der Waals surface area contributed by atoms with E-state index in [1.54, 1.807) is 13.2 Å². The summed E-state index contributed by atoms with van der Waals surface area (Å²) in [6.07, 6.45) is 2.34. The Morgan fingerprint density at radius 1 is 1.16 bits per heavy atom. The molecule has 0 aromatic heterocycles. The van der Waals surface area contributed by atoms with Crippen molar-refractivity contribution in [3.05, 3.63) is 60.5 Å². The van der Waals surface area contributed by atoms with Gasteiger partial charge in [-0.25, -0.2) is 0 Å². The number of methoxy groups -OCH3 is 1. The quantitative estimate of drug-likeness (QED) is 0.179. The molecule has 1 aliphatic heterocycles. The highest BCUT2D eigenvalue weighted by molar-refractivity contribution is 14.1. The van der Waals surface area contributed by atoms with Crippen molar-refractivity contribution in [1.29, 1.82) is 0 Å². The Morgan fingerprint density at radius 2 is 1.91 bits per heavy atom. The van der Waals surface area contributed by atoms with Crippen LogP contribution in [0.3, 0.4) is 0 Å². The molecule has 0 unspecified atom stereocenters. The van der Waals surface area contributed by atoms with E-state index in [0.717, 1.165) is 30.9 Å². The van der Waals surface area contributed by atoms with Crippen LogP contribution < -0.4 is 9.47 Å². The molecule has 1 fully saturated rings. The molecule has 0 saturated carbocycles. The zero-order valence-corrected chi connectivity index (χ0v) is 22.3. The number of amides is 2. The molecule has 1 saturated heterocycles. The van der Waals surface area contributed by atoms with Crippen molar-refractivity contribution in [2.24, 2.45) is 0 Å². The number of carbonyl (C=O) groups excluding carboxylic acids is 2. The number of hydrogen-bond donors (Lipinski definition) is 0. The van der Waals surface area contributed by atoms with Crippen molar-refractivity contribution in [1.82, 2.24) is 4.90 Å². The van der Waals surface area contributed by atoms with E-state index >= 15 is 0 Å². The fourth-order valence-electron chi connectivity index (χ4n) is 3.02. The van der Waals surface area contributed by atoms with Gasteiger partial charge >= 0.3 is 0 Å². The van der Waals surface area contributed by atoms with E-state index in [9.17, 15) is 9.59 Å². The molecule has 6 nitrogen and oxygen atoms in total. The van der Waals surface area contributed by atoms with Crippen LogP contribution >= 0.6 is 50.3 Å². The van der Waals surface area contributed by atoms with Gasteiger partial charge in [0.05, 0.1) is 15.1 Å². The lowest BCUT2D eigenvalue weighted by Gasteiger charge is -2.15. The normalized spacial score (nSPS) is 15.0. The molecule has 170 valence electrons. The molecule has 1 aliphatic rings. The van der Waals surface area contributed by atoms with E-state index in [-0.39, 0.29) is 11.1 Å². The number of nitrogens with zero attached hydrogens (tertiary/aromatic N) is 1. The average molecular weight is 632 g/mol. The summed E-state index contributed by atoms with van der Waals surface area (Å²) in [5, 5.41) is -0.258. The van der Waals surface area contributed by atoms with Gasteiger partial charge in [-0.1, -0.05) is 28.1 Å². The van der Waals surface area contributed by atoms with Crippen LogP contribution in [0.15, 0.2) is 45.8 Å². The highest BCUT2D eigenvalue weighted by Gasteiger charge is 2.34. The summed E-state index contributed by atoms with van der Waals surface area (Å²) in [5.41, 5.74) is 1.81. The first-order valence-corrected chi connectivity index (χ1v) is 12.7. The van der Waals surface area contributed by atoms with Gasteiger partial charge in [-0.3, -0.25) is 14.5 Å². The molecule has 0 bridgehead atoms. The maximum Gasteiger partial charge on any atom is 0.293 e. The minimum atomic E-state index is -0.278. The van der Waals surface area contributed by atoms with Crippen LogP contribution in [-0.2, 0) is 16.1 Å². The summed E-state index contributed by atoms with van der Waals surface area (Å²) in [6.45, 7) is 3.63. The second-order valence-corrected chi connectivity index (χ2v) is 9.93. The van der Waals surface area contributed by atoms with Crippen LogP contribution in [0.4, 0.5) is 4.79 Å². The third-order valence-corrected chi connectivity index (χ3v) is 6.77. The number of thioether (sulfide) groups is 1. The Kier molecular flexibility index (Phi) is 9.45. The topological polar surface area (TPSA) is 65.1 Å². The zero-order chi connectivity index (χ0) is 23.1. The molecule has 1 heterocycles. The second kappa shape index (κ2) is 12.1. The zero-order valence-electron chi connectivity index (χ0n) is 17.7. The Bertz CT molecular complexity index is 1010. The number of imide groups is 1. The van der Waals surface area contributed by atoms with E-state index < -0.39 is 0 Å². The van der Waals surface area contributed by atoms with Gasteiger partial charge in [-0.15, -0.1) is 0 Å². The first kappa shape index (κ1) is 25.1. The van der Waals surface area contributed by atoms with Crippen LogP contribution in [0.2, 0.25) is 0 Å². The van der Waals surface area contributed by atoms with Crippen LogP contribution in [0.1, 0.15) is 24.5 Å². The smallest absolute Gasteiger partial charge is 0.293 e. The lowest BCUT2D eigenvalue weighted by Crippen LogP contribution is -2.29. The van der Waals surface area contributed by atoms with E-state index in [4.69, 9.17) is 14.2 Å². The van der Waals surface area contributed by atoms with E-state index in [1.807, 2.05) is 43.3 Å². The molecule has 0 N–H and O–H groups in total. The Labute approximate surface area is 213 Å². The van der Waals surface area contributed by atoms with E-state index in [0.29, 0.717) is 49.2 Å².